The van der Waals surface area contributed by atoms with E-state index in [1.54, 1.807) is 18.6 Å². The van der Waals surface area contributed by atoms with E-state index in [4.69, 9.17) is 9.72 Å². The molecule has 4 rings (SSSR count). The highest BCUT2D eigenvalue weighted by Crippen LogP contribution is 2.35. The number of ether oxygens (including phenoxy) is 1. The first-order valence-corrected chi connectivity index (χ1v) is 9.80. The van der Waals surface area contributed by atoms with Gasteiger partial charge in [0, 0.05) is 42.7 Å². The van der Waals surface area contributed by atoms with E-state index in [2.05, 4.69) is 20.2 Å². The molecule has 3 heterocycles. The smallest absolute Gasteiger partial charge is 0.232 e. The Morgan fingerprint density at radius 1 is 1.21 bits per heavy atom. The molecule has 1 saturated heterocycles. The van der Waals surface area contributed by atoms with Gasteiger partial charge in [-0.05, 0) is 25.8 Å². The molecule has 0 radical (unpaired) electrons. The minimum absolute atomic E-state index is 0.569. The Morgan fingerprint density at radius 2 is 2.12 bits per heavy atom. The first kappa shape index (κ1) is 16.0. The molecule has 0 N–H and O–H groups in total. The Morgan fingerprint density at radius 3 is 2.96 bits per heavy atom. The summed E-state index contributed by atoms with van der Waals surface area (Å²) in [6.45, 7) is 3.91. The van der Waals surface area contributed by atoms with Crippen molar-refractivity contribution < 1.29 is 4.74 Å². The van der Waals surface area contributed by atoms with Crippen molar-refractivity contribution in [3.05, 3.63) is 34.7 Å². The Kier molecular flexibility index (Phi) is 5.04. The largest absolute Gasteiger partial charge is 0.476 e. The molecular weight excluding hydrogens is 320 g/mol. The molecule has 0 spiro atoms. The fourth-order valence-corrected chi connectivity index (χ4v) is 4.72. The lowest BCUT2D eigenvalue weighted by atomic mass is 10.1. The fraction of sp³-hybridized carbons (Fsp3) is 0.611. The highest BCUT2D eigenvalue weighted by molar-refractivity contribution is 7.09. The van der Waals surface area contributed by atoms with E-state index in [0.717, 1.165) is 32.2 Å². The maximum absolute atomic E-state index is 5.75. The SMILES string of the molecule is c1cnc(OCC2CCN(Cc3csc(C4CCCC4)n3)C2)cn1. The topological polar surface area (TPSA) is 51.1 Å². The summed E-state index contributed by atoms with van der Waals surface area (Å²) in [6, 6.07) is 0. The lowest BCUT2D eigenvalue weighted by Crippen LogP contribution is -2.22. The minimum atomic E-state index is 0.569. The average molecular weight is 344 g/mol. The number of nitrogens with zero attached hydrogens (tertiary/aromatic N) is 4. The van der Waals surface area contributed by atoms with Gasteiger partial charge in [0.1, 0.15) is 0 Å². The van der Waals surface area contributed by atoms with Gasteiger partial charge in [0.15, 0.2) is 0 Å². The van der Waals surface area contributed by atoms with Crippen molar-refractivity contribution in [2.45, 2.75) is 44.6 Å². The molecule has 0 bridgehead atoms. The van der Waals surface area contributed by atoms with Crippen LogP contribution < -0.4 is 4.74 Å². The van der Waals surface area contributed by atoms with Gasteiger partial charge in [0.2, 0.25) is 5.88 Å². The van der Waals surface area contributed by atoms with Gasteiger partial charge in [0.05, 0.1) is 23.5 Å². The Labute approximate surface area is 147 Å². The van der Waals surface area contributed by atoms with E-state index in [0.29, 0.717) is 11.8 Å². The Bertz CT molecular complexity index is 641. The first-order valence-electron chi connectivity index (χ1n) is 8.92. The molecule has 1 atom stereocenters. The zero-order valence-electron chi connectivity index (χ0n) is 13.9. The second kappa shape index (κ2) is 7.57. The van der Waals surface area contributed by atoms with Crippen LogP contribution in [-0.2, 0) is 6.54 Å². The highest BCUT2D eigenvalue weighted by Gasteiger charge is 2.25. The second-order valence-corrected chi connectivity index (χ2v) is 7.79. The van der Waals surface area contributed by atoms with Gasteiger partial charge < -0.3 is 4.74 Å². The van der Waals surface area contributed by atoms with E-state index in [1.165, 1.54) is 42.8 Å². The Balaban J connectivity index is 1.25. The zero-order valence-corrected chi connectivity index (χ0v) is 14.7. The van der Waals surface area contributed by atoms with Crippen LogP contribution in [0, 0.1) is 5.92 Å². The minimum Gasteiger partial charge on any atom is -0.476 e. The van der Waals surface area contributed by atoms with E-state index in [-0.39, 0.29) is 0 Å². The number of rotatable bonds is 6. The van der Waals surface area contributed by atoms with Gasteiger partial charge in [0.25, 0.3) is 0 Å². The maximum atomic E-state index is 5.75. The third kappa shape index (κ3) is 3.92. The molecule has 5 nitrogen and oxygen atoms in total. The van der Waals surface area contributed by atoms with Gasteiger partial charge in [-0.2, -0.15) is 0 Å². The van der Waals surface area contributed by atoms with Crippen LogP contribution in [0.3, 0.4) is 0 Å². The van der Waals surface area contributed by atoms with E-state index in [1.807, 2.05) is 11.3 Å². The van der Waals surface area contributed by atoms with Crippen LogP contribution in [-0.4, -0.2) is 39.5 Å². The van der Waals surface area contributed by atoms with Crippen molar-refractivity contribution in [1.82, 2.24) is 19.9 Å². The van der Waals surface area contributed by atoms with E-state index in [9.17, 15) is 0 Å². The highest BCUT2D eigenvalue weighted by atomic mass is 32.1. The van der Waals surface area contributed by atoms with Crippen molar-refractivity contribution in [2.24, 2.45) is 5.92 Å². The molecule has 1 unspecified atom stereocenters. The maximum Gasteiger partial charge on any atom is 0.232 e. The van der Waals surface area contributed by atoms with Crippen LogP contribution in [0.1, 0.15) is 48.7 Å². The zero-order chi connectivity index (χ0) is 16.2. The standard InChI is InChI=1S/C18H24N4OS/c1-2-4-15(3-1)18-21-16(13-24-18)11-22-8-5-14(10-22)12-23-17-9-19-6-7-20-17/h6-7,9,13-15H,1-5,8,10-12H2. The van der Waals surface area contributed by atoms with Crippen LogP contribution in [0.4, 0.5) is 0 Å². The summed E-state index contributed by atoms with van der Waals surface area (Å²) in [7, 11) is 0. The molecule has 24 heavy (non-hydrogen) atoms. The monoisotopic (exact) mass is 344 g/mol. The predicted octanol–water partition coefficient (Wildman–Crippen LogP) is 3.49. The molecule has 0 amide bonds. The van der Waals surface area contributed by atoms with E-state index < -0.39 is 0 Å². The molecule has 1 aliphatic carbocycles. The van der Waals surface area contributed by atoms with Crippen molar-refractivity contribution in [2.75, 3.05) is 19.7 Å². The van der Waals surface area contributed by atoms with Crippen LogP contribution in [0.15, 0.2) is 24.0 Å². The molecule has 6 heteroatoms. The average Bonchev–Trinajstić information content (AvgIpc) is 3.36. The molecule has 1 aliphatic heterocycles. The summed E-state index contributed by atoms with van der Waals surface area (Å²) in [6.07, 6.45) is 11.6. The fourth-order valence-electron chi connectivity index (χ4n) is 3.74. The molecule has 2 fully saturated rings. The van der Waals surface area contributed by atoms with Crippen molar-refractivity contribution in [3.63, 3.8) is 0 Å². The predicted molar refractivity (Wildman–Crippen MR) is 94.2 cm³/mol. The van der Waals surface area contributed by atoms with Gasteiger partial charge in [-0.15, -0.1) is 11.3 Å². The summed E-state index contributed by atoms with van der Waals surface area (Å²) >= 11 is 1.86. The summed E-state index contributed by atoms with van der Waals surface area (Å²) in [5.41, 5.74) is 1.25. The van der Waals surface area contributed by atoms with Gasteiger partial charge >= 0.3 is 0 Å². The van der Waals surface area contributed by atoms with Gasteiger partial charge in [-0.3, -0.25) is 9.88 Å². The summed E-state index contributed by atoms with van der Waals surface area (Å²) in [4.78, 5) is 15.6. The molecule has 0 aromatic carbocycles. The lowest BCUT2D eigenvalue weighted by molar-refractivity contribution is 0.230. The molecular formula is C18H24N4OS. The summed E-state index contributed by atoms with van der Waals surface area (Å²) < 4.78 is 5.75. The molecule has 2 aromatic rings. The third-order valence-corrected chi connectivity index (χ3v) is 6.09. The number of hydrogen-bond acceptors (Lipinski definition) is 6. The van der Waals surface area contributed by atoms with E-state index >= 15 is 0 Å². The number of thiazole rings is 1. The molecule has 2 aliphatic rings. The molecule has 128 valence electrons. The van der Waals surface area contributed by atoms with Crippen LogP contribution in [0.5, 0.6) is 5.88 Å². The van der Waals surface area contributed by atoms with Crippen molar-refractivity contribution >= 4 is 11.3 Å². The third-order valence-electron chi connectivity index (χ3n) is 5.04. The lowest BCUT2D eigenvalue weighted by Gasteiger charge is -2.15. The summed E-state index contributed by atoms with van der Waals surface area (Å²) in [5, 5.41) is 3.63. The van der Waals surface area contributed by atoms with Crippen LogP contribution >= 0.6 is 11.3 Å². The van der Waals surface area contributed by atoms with Crippen LogP contribution in [0.2, 0.25) is 0 Å². The summed E-state index contributed by atoms with van der Waals surface area (Å²) in [5.74, 6) is 1.92. The number of hydrogen-bond donors (Lipinski definition) is 0. The van der Waals surface area contributed by atoms with Crippen molar-refractivity contribution in [1.29, 1.82) is 0 Å². The Hall–Kier alpha value is -1.53. The molecule has 1 saturated carbocycles. The second-order valence-electron chi connectivity index (χ2n) is 6.90. The van der Waals surface area contributed by atoms with Crippen molar-refractivity contribution in [3.8, 4) is 5.88 Å². The number of aromatic nitrogens is 3. The quantitative estimate of drug-likeness (QED) is 0.803. The van der Waals surface area contributed by atoms with Gasteiger partial charge in [-0.25, -0.2) is 9.97 Å². The van der Waals surface area contributed by atoms with Gasteiger partial charge in [-0.1, -0.05) is 12.8 Å². The molecule has 2 aromatic heterocycles. The van der Waals surface area contributed by atoms with Crippen LogP contribution in [0.25, 0.3) is 0 Å². The number of likely N-dealkylation sites (tertiary alicyclic amines) is 1. The normalized spacial score (nSPS) is 22.2. The first-order chi connectivity index (χ1) is 11.9.